The molecule has 3 aliphatic carbocycles. The van der Waals surface area contributed by atoms with Crippen LogP contribution in [0.1, 0.15) is 74.5 Å². The molecule has 3 aromatic rings. The van der Waals surface area contributed by atoms with Gasteiger partial charge in [-0.2, -0.15) is 0 Å². The van der Waals surface area contributed by atoms with Crippen molar-refractivity contribution in [2.75, 3.05) is 9.80 Å². The smallest absolute Gasteiger partial charge is 0.251 e. The van der Waals surface area contributed by atoms with Gasteiger partial charge in [0.15, 0.2) is 0 Å². The molecule has 1 fully saturated rings. The fraction of sp³-hybridized carbons (Fsp3) is 0.333. The van der Waals surface area contributed by atoms with Gasteiger partial charge in [-0.25, -0.2) is 0 Å². The Kier molecular flexibility index (Phi) is 4.66. The van der Waals surface area contributed by atoms with E-state index in [1.807, 2.05) is 0 Å². The zero-order valence-corrected chi connectivity index (χ0v) is 24.6. The lowest BCUT2D eigenvalue weighted by molar-refractivity contribution is 0.356. The van der Waals surface area contributed by atoms with Crippen LogP contribution in [0.15, 0.2) is 114 Å². The fourth-order valence-electron chi connectivity index (χ4n) is 10.2. The van der Waals surface area contributed by atoms with Crippen molar-refractivity contribution in [1.82, 2.24) is 0 Å². The summed E-state index contributed by atoms with van der Waals surface area (Å²) in [6.45, 7) is 5.29. The maximum atomic E-state index is 2.92. The van der Waals surface area contributed by atoms with Gasteiger partial charge in [0.2, 0.25) is 0 Å². The molecule has 10 rings (SSSR count). The van der Waals surface area contributed by atoms with E-state index in [9.17, 15) is 0 Å². The van der Waals surface area contributed by atoms with Crippen molar-refractivity contribution in [3.05, 3.63) is 131 Å². The number of nitrogens with zero attached hydrogens (tertiary/aromatic N) is 2. The molecular weight excluding hydrogens is 507 g/mol. The van der Waals surface area contributed by atoms with Gasteiger partial charge in [-0.05, 0) is 63.7 Å². The van der Waals surface area contributed by atoms with Gasteiger partial charge in [0.25, 0.3) is 6.71 Å². The van der Waals surface area contributed by atoms with Crippen LogP contribution in [0.25, 0.3) is 0 Å². The largest absolute Gasteiger partial charge is 0.342 e. The zero-order chi connectivity index (χ0) is 27.7. The molecule has 0 N–H and O–H groups in total. The molecule has 1 saturated carbocycles. The van der Waals surface area contributed by atoms with Crippen LogP contribution in [0.4, 0.5) is 11.4 Å². The predicted molar refractivity (Wildman–Crippen MR) is 175 cm³/mol. The molecule has 0 spiro atoms. The third kappa shape index (κ3) is 2.83. The van der Waals surface area contributed by atoms with Crippen LogP contribution in [0.3, 0.4) is 0 Å². The number of benzene rings is 3. The molecular formula is C39H37BN2. The van der Waals surface area contributed by atoms with Crippen LogP contribution in [0, 0.1) is 5.92 Å². The van der Waals surface area contributed by atoms with Crippen molar-refractivity contribution in [2.45, 2.75) is 75.3 Å². The maximum Gasteiger partial charge on any atom is 0.251 e. The summed E-state index contributed by atoms with van der Waals surface area (Å²) in [5.41, 5.74) is 15.5. The Hall–Kier alpha value is -3.72. The lowest BCUT2D eigenvalue weighted by Crippen LogP contribution is -2.59. The number of hydrogen-bond acceptors (Lipinski definition) is 2. The van der Waals surface area contributed by atoms with E-state index in [4.69, 9.17) is 0 Å². The molecule has 0 bridgehead atoms. The number of hydrogen-bond donors (Lipinski definition) is 0. The van der Waals surface area contributed by atoms with Crippen molar-refractivity contribution in [3.8, 4) is 0 Å². The second-order valence-electron chi connectivity index (χ2n) is 14.3. The molecule has 42 heavy (non-hydrogen) atoms. The Morgan fingerprint density at radius 1 is 0.762 bits per heavy atom. The van der Waals surface area contributed by atoms with E-state index in [1.165, 1.54) is 53.7 Å². The third-order valence-electron chi connectivity index (χ3n) is 12.2. The first-order valence-corrected chi connectivity index (χ1v) is 16.3. The first-order chi connectivity index (χ1) is 20.6. The summed E-state index contributed by atoms with van der Waals surface area (Å²) in [5.74, 6) is 1.50. The Bertz CT molecular complexity index is 1790. The molecule has 4 heterocycles. The van der Waals surface area contributed by atoms with Crippen molar-refractivity contribution in [2.24, 2.45) is 5.92 Å². The highest BCUT2D eigenvalue weighted by atomic mass is 15.2. The molecule has 3 heteroatoms. The Morgan fingerprint density at radius 3 is 2.33 bits per heavy atom. The SMILES string of the molecule is CC(C)(c1ccccc1)C1C=C2C3=C(C1)N1c4c(cccc4C4CCCCC41)B3c1cccc3c1N2C1C=CC=CC31. The second kappa shape index (κ2) is 8.22. The van der Waals surface area contributed by atoms with Gasteiger partial charge in [-0.3, -0.25) is 0 Å². The molecule has 5 unspecified atom stereocenters. The first-order valence-electron chi connectivity index (χ1n) is 16.3. The number of allylic oxidation sites excluding steroid dienone is 5. The molecule has 4 aliphatic heterocycles. The minimum Gasteiger partial charge on any atom is -0.342 e. The monoisotopic (exact) mass is 544 g/mol. The van der Waals surface area contributed by atoms with E-state index in [0.717, 1.165) is 6.42 Å². The quantitative estimate of drug-likeness (QED) is 0.314. The van der Waals surface area contributed by atoms with Crippen LogP contribution in [-0.2, 0) is 5.41 Å². The summed E-state index contributed by atoms with van der Waals surface area (Å²) in [5, 5.41) is 0. The Morgan fingerprint density at radius 2 is 1.50 bits per heavy atom. The highest BCUT2D eigenvalue weighted by Gasteiger charge is 2.56. The second-order valence-corrected chi connectivity index (χ2v) is 14.3. The first kappa shape index (κ1) is 23.8. The molecule has 0 amide bonds. The summed E-state index contributed by atoms with van der Waals surface area (Å²) in [4.78, 5) is 5.69. The molecule has 7 aliphatic rings. The number of fused-ring (bicyclic) bond motifs is 10. The molecule has 5 atom stereocenters. The lowest BCUT2D eigenvalue weighted by atomic mass is 9.32. The van der Waals surface area contributed by atoms with Crippen molar-refractivity contribution >= 4 is 29.0 Å². The Labute approximate surface area is 250 Å². The topological polar surface area (TPSA) is 6.48 Å². The predicted octanol–water partition coefficient (Wildman–Crippen LogP) is 7.24. The van der Waals surface area contributed by atoms with E-state index < -0.39 is 0 Å². The molecule has 2 nitrogen and oxygen atoms in total. The van der Waals surface area contributed by atoms with E-state index in [2.05, 4.69) is 121 Å². The number of para-hydroxylation sites is 2. The molecule has 3 aromatic carbocycles. The normalized spacial score (nSPS) is 29.1. The van der Waals surface area contributed by atoms with Gasteiger partial charge in [0.05, 0.1) is 6.04 Å². The van der Waals surface area contributed by atoms with E-state index >= 15 is 0 Å². The molecule has 206 valence electrons. The number of anilines is 2. The van der Waals surface area contributed by atoms with Gasteiger partial charge < -0.3 is 9.80 Å². The van der Waals surface area contributed by atoms with E-state index in [-0.39, 0.29) is 5.41 Å². The van der Waals surface area contributed by atoms with Crippen molar-refractivity contribution < 1.29 is 0 Å². The minimum absolute atomic E-state index is 0.0228. The summed E-state index contributed by atoms with van der Waals surface area (Å²) >= 11 is 0. The van der Waals surface area contributed by atoms with Gasteiger partial charge in [0, 0.05) is 40.6 Å². The van der Waals surface area contributed by atoms with Crippen molar-refractivity contribution in [1.29, 1.82) is 0 Å². The molecule has 0 aromatic heterocycles. The minimum atomic E-state index is 0.0228. The number of rotatable bonds is 2. The molecule has 0 radical (unpaired) electrons. The van der Waals surface area contributed by atoms with E-state index in [1.54, 1.807) is 27.9 Å². The Balaban J connectivity index is 1.27. The fourth-order valence-corrected chi connectivity index (χ4v) is 10.2. The summed E-state index contributed by atoms with van der Waals surface area (Å²) in [6, 6.07) is 26.8. The summed E-state index contributed by atoms with van der Waals surface area (Å²) in [6.07, 6.45) is 18.6. The van der Waals surface area contributed by atoms with Gasteiger partial charge in [-0.15, -0.1) is 0 Å². The van der Waals surface area contributed by atoms with E-state index in [0.29, 0.717) is 36.6 Å². The third-order valence-corrected chi connectivity index (χ3v) is 12.2. The summed E-state index contributed by atoms with van der Waals surface area (Å²) < 4.78 is 0. The van der Waals surface area contributed by atoms with Crippen molar-refractivity contribution in [3.63, 3.8) is 0 Å². The molecule has 0 saturated heterocycles. The van der Waals surface area contributed by atoms with Crippen LogP contribution in [-0.4, -0.2) is 18.8 Å². The highest BCUT2D eigenvalue weighted by molar-refractivity contribution is 6.94. The van der Waals surface area contributed by atoms with Gasteiger partial charge in [-0.1, -0.05) is 124 Å². The lowest BCUT2D eigenvalue weighted by Gasteiger charge is -2.51. The van der Waals surface area contributed by atoms with Crippen LogP contribution in [0.2, 0.25) is 0 Å². The van der Waals surface area contributed by atoms with Crippen LogP contribution >= 0.6 is 0 Å². The average Bonchev–Trinajstić information content (AvgIpc) is 3.56. The van der Waals surface area contributed by atoms with Crippen LogP contribution < -0.4 is 20.7 Å². The van der Waals surface area contributed by atoms with Gasteiger partial charge >= 0.3 is 0 Å². The average molecular weight is 545 g/mol. The zero-order valence-electron chi connectivity index (χ0n) is 24.6. The van der Waals surface area contributed by atoms with Gasteiger partial charge in [0.1, 0.15) is 0 Å². The standard InChI is InChI=1S/C39H37BN2/c1-39(2,24-12-4-3-5-13-24)25-22-34-36-35(23-25)42-33-21-9-7-15-27(33)29-17-11-19-31(38(29)42)40(36)30-18-10-16-28-26-14-6-8-20-32(26)41(34)37(28)30/h3-6,8,10-14,16-20,22,25-27,32-33H,7,9,15,21,23H2,1-2H3. The highest BCUT2D eigenvalue weighted by Crippen LogP contribution is 2.58. The summed E-state index contributed by atoms with van der Waals surface area (Å²) in [7, 11) is 0. The van der Waals surface area contributed by atoms with Crippen LogP contribution in [0.5, 0.6) is 0 Å². The maximum absolute atomic E-state index is 2.92.